The number of benzene rings is 1. The highest BCUT2D eigenvalue weighted by Crippen LogP contribution is 2.28. The first-order chi connectivity index (χ1) is 8.65. The van der Waals surface area contributed by atoms with E-state index in [-0.39, 0.29) is 5.56 Å². The topological polar surface area (TPSA) is 65.9 Å². The number of nitriles is 1. The average molecular weight is 244 g/mol. The molecule has 2 aromatic rings. The Bertz CT molecular complexity index is 686. The summed E-state index contributed by atoms with van der Waals surface area (Å²) in [5.41, 5.74) is 0.324. The lowest BCUT2D eigenvalue weighted by Gasteiger charge is -2.08. The fourth-order valence-corrected chi connectivity index (χ4v) is 1.61. The summed E-state index contributed by atoms with van der Waals surface area (Å²) in [5.74, 6) is 0.00719. The molecule has 0 amide bonds. The van der Waals surface area contributed by atoms with Gasteiger partial charge in [-0.3, -0.25) is 4.79 Å². The highest BCUT2D eigenvalue weighted by atomic mass is 19.1. The van der Waals surface area contributed by atoms with Gasteiger partial charge in [0.25, 0.3) is 5.56 Å². The second-order valence-electron chi connectivity index (χ2n) is 3.57. The molecular formula is C13H9FN2O2. The number of hydrogen-bond donors (Lipinski definition) is 1. The quantitative estimate of drug-likeness (QED) is 0.879. The highest BCUT2D eigenvalue weighted by molar-refractivity contribution is 5.67. The third-order valence-corrected chi connectivity index (χ3v) is 2.48. The van der Waals surface area contributed by atoms with E-state index in [4.69, 9.17) is 10.00 Å². The summed E-state index contributed by atoms with van der Waals surface area (Å²) in [7, 11) is 1.46. The Morgan fingerprint density at radius 2 is 2.11 bits per heavy atom. The van der Waals surface area contributed by atoms with Gasteiger partial charge in [-0.05, 0) is 30.3 Å². The number of nitrogens with zero attached hydrogens (tertiary/aromatic N) is 1. The normalized spacial score (nSPS) is 9.83. The van der Waals surface area contributed by atoms with Crippen molar-refractivity contribution in [1.29, 1.82) is 5.26 Å². The standard InChI is InChI=1S/C13H9FN2O2/c1-18-12-5-3-9(14)6-10(12)11-4-2-8(7-15)13(17)16-11/h2-6H,1H3,(H,16,17). The fraction of sp³-hybridized carbons (Fsp3) is 0.0769. The predicted molar refractivity (Wildman–Crippen MR) is 63.7 cm³/mol. The summed E-state index contributed by atoms with van der Waals surface area (Å²) in [5, 5.41) is 8.67. The minimum Gasteiger partial charge on any atom is -0.496 e. The third kappa shape index (κ3) is 2.09. The van der Waals surface area contributed by atoms with Crippen LogP contribution in [0.5, 0.6) is 5.75 Å². The molecule has 0 aliphatic rings. The van der Waals surface area contributed by atoms with E-state index in [0.29, 0.717) is 17.0 Å². The average Bonchev–Trinajstić information content (AvgIpc) is 2.38. The Balaban J connectivity index is 2.62. The Hall–Kier alpha value is -2.61. The number of aromatic nitrogens is 1. The number of halogens is 1. The van der Waals surface area contributed by atoms with Crippen LogP contribution in [0.15, 0.2) is 35.1 Å². The van der Waals surface area contributed by atoms with Crippen molar-refractivity contribution in [1.82, 2.24) is 4.98 Å². The van der Waals surface area contributed by atoms with Crippen molar-refractivity contribution in [2.45, 2.75) is 0 Å². The summed E-state index contributed by atoms with van der Waals surface area (Å²) in [6.45, 7) is 0. The lowest BCUT2D eigenvalue weighted by atomic mass is 10.1. The number of nitrogens with one attached hydrogen (secondary N) is 1. The molecule has 0 spiro atoms. The van der Waals surface area contributed by atoms with E-state index in [2.05, 4.69) is 4.98 Å². The highest BCUT2D eigenvalue weighted by Gasteiger charge is 2.09. The minimum atomic E-state index is -0.513. The van der Waals surface area contributed by atoms with Crippen molar-refractivity contribution < 1.29 is 9.13 Å². The zero-order valence-electron chi connectivity index (χ0n) is 9.53. The van der Waals surface area contributed by atoms with E-state index < -0.39 is 11.4 Å². The van der Waals surface area contributed by atoms with Gasteiger partial charge in [-0.15, -0.1) is 0 Å². The number of aromatic amines is 1. The van der Waals surface area contributed by atoms with Crippen LogP contribution >= 0.6 is 0 Å². The maximum Gasteiger partial charge on any atom is 0.266 e. The maximum absolute atomic E-state index is 13.2. The molecule has 5 heteroatoms. The van der Waals surface area contributed by atoms with Gasteiger partial charge in [0.1, 0.15) is 23.2 Å². The summed E-state index contributed by atoms with van der Waals surface area (Å²) in [6.07, 6.45) is 0. The molecule has 4 nitrogen and oxygen atoms in total. The molecule has 90 valence electrons. The number of ether oxygens (including phenoxy) is 1. The SMILES string of the molecule is COc1ccc(F)cc1-c1ccc(C#N)c(=O)[nH]1. The van der Waals surface area contributed by atoms with E-state index >= 15 is 0 Å². The molecule has 0 atom stereocenters. The summed E-state index contributed by atoms with van der Waals surface area (Å²) in [4.78, 5) is 14.0. The maximum atomic E-state index is 13.2. The molecule has 0 saturated heterocycles. The fourth-order valence-electron chi connectivity index (χ4n) is 1.61. The molecule has 0 fully saturated rings. The van der Waals surface area contributed by atoms with Crippen molar-refractivity contribution in [2.24, 2.45) is 0 Å². The van der Waals surface area contributed by atoms with Crippen molar-refractivity contribution >= 4 is 0 Å². The lowest BCUT2D eigenvalue weighted by molar-refractivity contribution is 0.415. The first-order valence-corrected chi connectivity index (χ1v) is 5.13. The largest absolute Gasteiger partial charge is 0.496 e. The zero-order chi connectivity index (χ0) is 13.1. The van der Waals surface area contributed by atoms with Gasteiger partial charge in [-0.2, -0.15) is 5.26 Å². The number of hydrogen-bond acceptors (Lipinski definition) is 3. The second kappa shape index (κ2) is 4.72. The van der Waals surface area contributed by atoms with Gasteiger partial charge in [0, 0.05) is 5.56 Å². The van der Waals surface area contributed by atoms with Crippen LogP contribution in [0.25, 0.3) is 11.3 Å². The number of H-pyrrole nitrogens is 1. The van der Waals surface area contributed by atoms with Crippen LogP contribution in [-0.2, 0) is 0 Å². The van der Waals surface area contributed by atoms with E-state index in [0.717, 1.165) is 0 Å². The van der Waals surface area contributed by atoms with Crippen LogP contribution in [0.2, 0.25) is 0 Å². The first kappa shape index (κ1) is 11.9. The molecule has 2 rings (SSSR count). The van der Waals surface area contributed by atoms with Gasteiger partial charge < -0.3 is 9.72 Å². The van der Waals surface area contributed by atoms with E-state index in [9.17, 15) is 9.18 Å². The number of methoxy groups -OCH3 is 1. The molecule has 0 saturated carbocycles. The van der Waals surface area contributed by atoms with Crippen molar-refractivity contribution in [2.75, 3.05) is 7.11 Å². The van der Waals surface area contributed by atoms with Gasteiger partial charge in [0.2, 0.25) is 0 Å². The van der Waals surface area contributed by atoms with Crippen LogP contribution in [0.1, 0.15) is 5.56 Å². The van der Waals surface area contributed by atoms with Crippen LogP contribution in [0.4, 0.5) is 4.39 Å². The first-order valence-electron chi connectivity index (χ1n) is 5.13. The molecule has 1 N–H and O–H groups in total. The second-order valence-corrected chi connectivity index (χ2v) is 3.57. The lowest BCUT2D eigenvalue weighted by Crippen LogP contribution is -2.10. The molecule has 1 aromatic heterocycles. The predicted octanol–water partition coefficient (Wildman–Crippen LogP) is 2.06. The van der Waals surface area contributed by atoms with Crippen LogP contribution < -0.4 is 10.3 Å². The molecule has 0 radical (unpaired) electrons. The Labute approximate surface area is 102 Å². The Morgan fingerprint density at radius 3 is 2.72 bits per heavy atom. The smallest absolute Gasteiger partial charge is 0.266 e. The van der Waals surface area contributed by atoms with Gasteiger partial charge in [-0.1, -0.05) is 0 Å². The van der Waals surface area contributed by atoms with Gasteiger partial charge in [-0.25, -0.2) is 4.39 Å². The number of pyridine rings is 1. The van der Waals surface area contributed by atoms with Gasteiger partial charge >= 0.3 is 0 Å². The zero-order valence-corrected chi connectivity index (χ0v) is 9.53. The molecule has 0 bridgehead atoms. The molecule has 0 aliphatic carbocycles. The molecule has 0 aliphatic heterocycles. The number of rotatable bonds is 2. The summed E-state index contributed by atoms with van der Waals surface area (Å²) in [6, 6.07) is 8.69. The molecule has 0 unspecified atom stereocenters. The molecule has 1 heterocycles. The summed E-state index contributed by atoms with van der Waals surface area (Å²) >= 11 is 0. The third-order valence-electron chi connectivity index (χ3n) is 2.48. The van der Waals surface area contributed by atoms with Crippen molar-refractivity contribution in [3.63, 3.8) is 0 Å². The van der Waals surface area contributed by atoms with Gasteiger partial charge in [0.05, 0.1) is 12.8 Å². The molecular weight excluding hydrogens is 235 g/mol. The van der Waals surface area contributed by atoms with Crippen LogP contribution in [-0.4, -0.2) is 12.1 Å². The van der Waals surface area contributed by atoms with E-state index in [1.165, 1.54) is 37.4 Å². The minimum absolute atomic E-state index is 0.00844. The Kier molecular flexibility index (Phi) is 3.11. The van der Waals surface area contributed by atoms with Crippen molar-refractivity contribution in [3.05, 3.63) is 52.1 Å². The molecule has 1 aromatic carbocycles. The molecule has 18 heavy (non-hydrogen) atoms. The van der Waals surface area contributed by atoms with Gasteiger partial charge in [0.15, 0.2) is 0 Å². The van der Waals surface area contributed by atoms with Crippen LogP contribution in [0.3, 0.4) is 0 Å². The van der Waals surface area contributed by atoms with E-state index in [1.54, 1.807) is 6.07 Å². The van der Waals surface area contributed by atoms with Crippen molar-refractivity contribution in [3.8, 4) is 23.1 Å². The summed E-state index contributed by atoms with van der Waals surface area (Å²) < 4.78 is 18.3. The monoisotopic (exact) mass is 244 g/mol. The Morgan fingerprint density at radius 1 is 1.33 bits per heavy atom. The van der Waals surface area contributed by atoms with Crippen LogP contribution in [0, 0.1) is 17.1 Å². The van der Waals surface area contributed by atoms with E-state index in [1.807, 2.05) is 0 Å².